The number of aliphatic carboxylic acids is 1. The largest absolute Gasteiger partial charge is 0.480 e. The highest BCUT2D eigenvalue weighted by Gasteiger charge is 2.36. The molecule has 2 heterocycles. The highest BCUT2D eigenvalue weighted by molar-refractivity contribution is 5.96. The third kappa shape index (κ3) is 4.09. The number of hydrogen-bond acceptors (Lipinski definition) is 4. The number of alkyl halides is 3. The molecule has 3 rings (SSSR count). The minimum absolute atomic E-state index is 0.00748. The molecule has 1 amide bonds. The van der Waals surface area contributed by atoms with Crippen LogP contribution in [0.3, 0.4) is 0 Å². The number of fused-ring (bicyclic) bond motifs is 1. The molecule has 1 unspecified atom stereocenters. The fourth-order valence-corrected chi connectivity index (χ4v) is 3.00. The average Bonchev–Trinajstić information content (AvgIpc) is 2.98. The van der Waals surface area contributed by atoms with Crippen molar-refractivity contribution in [1.29, 1.82) is 0 Å². The first-order valence-electron chi connectivity index (χ1n) is 8.24. The lowest BCUT2D eigenvalue weighted by Gasteiger charge is -2.33. The van der Waals surface area contributed by atoms with Crippen LogP contribution in [0.2, 0.25) is 0 Å². The lowest BCUT2D eigenvalue weighted by atomic mass is 10.1. The number of amides is 1. The van der Waals surface area contributed by atoms with Gasteiger partial charge in [-0.25, -0.2) is 4.79 Å². The molecule has 27 heavy (non-hydrogen) atoms. The van der Waals surface area contributed by atoms with Crippen molar-refractivity contribution < 1.29 is 27.9 Å². The number of carboxylic acid groups (broad SMARTS) is 1. The predicted octanol–water partition coefficient (Wildman–Crippen LogP) is 2.19. The van der Waals surface area contributed by atoms with Crippen LogP contribution in [0, 0.1) is 6.92 Å². The second kappa shape index (κ2) is 7.01. The van der Waals surface area contributed by atoms with Crippen LogP contribution in [0.25, 0.3) is 0 Å². The first-order chi connectivity index (χ1) is 12.7. The second-order valence-corrected chi connectivity index (χ2v) is 6.37. The maximum Gasteiger partial charge on any atom is 0.389 e. The molecule has 0 radical (unpaired) electrons. The van der Waals surface area contributed by atoms with Crippen LogP contribution in [0.5, 0.6) is 0 Å². The molecule has 1 atom stereocenters. The van der Waals surface area contributed by atoms with Crippen LogP contribution < -0.4 is 0 Å². The van der Waals surface area contributed by atoms with E-state index in [0.29, 0.717) is 17.2 Å². The van der Waals surface area contributed by atoms with Crippen molar-refractivity contribution in [1.82, 2.24) is 19.7 Å². The summed E-state index contributed by atoms with van der Waals surface area (Å²) in [6.07, 6.45) is -5.37. The number of halogens is 3. The molecule has 0 aliphatic carbocycles. The predicted molar refractivity (Wildman–Crippen MR) is 86.9 cm³/mol. The van der Waals surface area contributed by atoms with Crippen LogP contribution in [-0.4, -0.2) is 48.9 Å². The number of carboxylic acids is 1. The van der Waals surface area contributed by atoms with E-state index in [1.54, 1.807) is 11.5 Å². The Kier molecular flexibility index (Phi) is 4.90. The molecule has 0 saturated heterocycles. The van der Waals surface area contributed by atoms with E-state index in [0.717, 1.165) is 0 Å². The summed E-state index contributed by atoms with van der Waals surface area (Å²) in [4.78, 5) is 25.6. The van der Waals surface area contributed by atoms with E-state index in [1.807, 2.05) is 0 Å². The summed E-state index contributed by atoms with van der Waals surface area (Å²) in [5.41, 5.74) is 0.661. The van der Waals surface area contributed by atoms with Crippen LogP contribution in [-0.2, 0) is 24.3 Å². The SMILES string of the molecule is Cc1nnc2n1CC(C(=O)O)N(C(=O)c1ccc(CCC(F)(F)F)cc1)C2. The zero-order chi connectivity index (χ0) is 19.8. The number of rotatable bonds is 4. The van der Waals surface area contributed by atoms with Gasteiger partial charge in [0.05, 0.1) is 13.1 Å². The first-order valence-corrected chi connectivity index (χ1v) is 8.24. The van der Waals surface area contributed by atoms with E-state index in [-0.39, 0.29) is 25.1 Å². The Labute approximate surface area is 152 Å². The Morgan fingerprint density at radius 1 is 1.22 bits per heavy atom. The molecule has 1 aliphatic heterocycles. The van der Waals surface area contributed by atoms with Gasteiger partial charge in [0.15, 0.2) is 5.82 Å². The van der Waals surface area contributed by atoms with E-state index in [9.17, 15) is 27.9 Å². The lowest BCUT2D eigenvalue weighted by molar-refractivity contribution is -0.143. The quantitative estimate of drug-likeness (QED) is 0.876. The number of hydrogen-bond donors (Lipinski definition) is 1. The number of aryl methyl sites for hydroxylation is 2. The van der Waals surface area contributed by atoms with Crippen molar-refractivity contribution in [2.24, 2.45) is 0 Å². The fourth-order valence-electron chi connectivity index (χ4n) is 3.00. The number of benzene rings is 1. The van der Waals surface area contributed by atoms with Gasteiger partial charge in [0.1, 0.15) is 11.9 Å². The Morgan fingerprint density at radius 3 is 2.48 bits per heavy atom. The van der Waals surface area contributed by atoms with E-state index in [1.165, 1.54) is 29.2 Å². The van der Waals surface area contributed by atoms with Gasteiger partial charge in [-0.05, 0) is 31.0 Å². The Morgan fingerprint density at radius 2 is 1.89 bits per heavy atom. The van der Waals surface area contributed by atoms with Crippen molar-refractivity contribution in [3.8, 4) is 0 Å². The van der Waals surface area contributed by atoms with Gasteiger partial charge in [-0.3, -0.25) is 4.79 Å². The smallest absolute Gasteiger partial charge is 0.389 e. The molecular formula is C17H17F3N4O3. The van der Waals surface area contributed by atoms with Crippen molar-refractivity contribution >= 4 is 11.9 Å². The highest BCUT2D eigenvalue weighted by atomic mass is 19.4. The molecule has 0 fully saturated rings. The number of aromatic nitrogens is 3. The zero-order valence-corrected chi connectivity index (χ0v) is 14.4. The minimum Gasteiger partial charge on any atom is -0.480 e. The molecule has 10 heteroatoms. The molecule has 1 aliphatic rings. The topological polar surface area (TPSA) is 88.3 Å². The summed E-state index contributed by atoms with van der Waals surface area (Å²) in [6.45, 7) is 1.73. The van der Waals surface area contributed by atoms with Crippen molar-refractivity contribution in [3.63, 3.8) is 0 Å². The maximum atomic E-state index is 12.8. The van der Waals surface area contributed by atoms with E-state index in [4.69, 9.17) is 0 Å². The normalized spacial score (nSPS) is 16.9. The summed E-state index contributed by atoms with van der Waals surface area (Å²) < 4.78 is 38.6. The van der Waals surface area contributed by atoms with E-state index < -0.39 is 30.5 Å². The first kappa shape index (κ1) is 18.9. The van der Waals surface area contributed by atoms with Gasteiger partial charge in [0.2, 0.25) is 0 Å². The van der Waals surface area contributed by atoms with Gasteiger partial charge in [0.25, 0.3) is 5.91 Å². The molecule has 2 aromatic rings. The Balaban J connectivity index is 1.78. The minimum atomic E-state index is -4.24. The third-order valence-electron chi connectivity index (χ3n) is 4.50. The van der Waals surface area contributed by atoms with Crippen molar-refractivity contribution in [2.45, 2.75) is 45.1 Å². The van der Waals surface area contributed by atoms with E-state index in [2.05, 4.69) is 10.2 Å². The lowest BCUT2D eigenvalue weighted by Crippen LogP contribution is -2.50. The Bertz CT molecular complexity index is 861. The molecule has 144 valence electrons. The summed E-state index contributed by atoms with van der Waals surface area (Å²) in [5, 5.41) is 17.4. The molecule has 0 saturated carbocycles. The molecule has 0 spiro atoms. The number of carbonyl (C=O) groups excluding carboxylic acids is 1. The molecule has 1 N–H and O–H groups in total. The molecule has 1 aromatic carbocycles. The highest BCUT2D eigenvalue weighted by Crippen LogP contribution is 2.23. The van der Waals surface area contributed by atoms with Crippen LogP contribution in [0.1, 0.15) is 34.0 Å². The fraction of sp³-hybridized carbons (Fsp3) is 0.412. The van der Waals surface area contributed by atoms with Crippen LogP contribution in [0.15, 0.2) is 24.3 Å². The van der Waals surface area contributed by atoms with E-state index >= 15 is 0 Å². The van der Waals surface area contributed by atoms with Crippen LogP contribution in [0.4, 0.5) is 13.2 Å². The number of nitrogens with zero attached hydrogens (tertiary/aromatic N) is 4. The summed E-state index contributed by atoms with van der Waals surface area (Å²) in [7, 11) is 0. The third-order valence-corrected chi connectivity index (χ3v) is 4.50. The van der Waals surface area contributed by atoms with Gasteiger partial charge < -0.3 is 14.6 Å². The zero-order valence-electron chi connectivity index (χ0n) is 14.4. The monoisotopic (exact) mass is 382 g/mol. The van der Waals surface area contributed by atoms with Crippen molar-refractivity contribution in [3.05, 3.63) is 47.0 Å². The van der Waals surface area contributed by atoms with Gasteiger partial charge in [-0.2, -0.15) is 13.2 Å². The second-order valence-electron chi connectivity index (χ2n) is 6.37. The molecule has 1 aromatic heterocycles. The van der Waals surface area contributed by atoms with Gasteiger partial charge >= 0.3 is 12.1 Å². The summed E-state index contributed by atoms with van der Waals surface area (Å²) in [6, 6.07) is 4.65. The van der Waals surface area contributed by atoms with Gasteiger partial charge in [-0.1, -0.05) is 12.1 Å². The van der Waals surface area contributed by atoms with Gasteiger partial charge in [0, 0.05) is 12.0 Å². The van der Waals surface area contributed by atoms with Crippen molar-refractivity contribution in [2.75, 3.05) is 0 Å². The summed E-state index contributed by atoms with van der Waals surface area (Å²) in [5.74, 6) is -0.613. The average molecular weight is 382 g/mol. The van der Waals surface area contributed by atoms with Crippen LogP contribution >= 0.6 is 0 Å². The molecule has 7 nitrogen and oxygen atoms in total. The molecular weight excluding hydrogens is 365 g/mol. The number of carbonyl (C=O) groups is 2. The Hall–Kier alpha value is -2.91. The standard InChI is InChI=1S/C17H17F3N4O3/c1-10-21-22-14-9-24(13(16(26)27)8-23(10)14)15(25)12-4-2-11(3-5-12)6-7-17(18,19)20/h2-5,13H,6-9H2,1H3,(H,26,27). The maximum absolute atomic E-state index is 12.8. The summed E-state index contributed by atoms with van der Waals surface area (Å²) >= 11 is 0. The van der Waals surface area contributed by atoms with Gasteiger partial charge in [-0.15, -0.1) is 10.2 Å². The molecule has 0 bridgehead atoms.